The van der Waals surface area contributed by atoms with Crippen molar-refractivity contribution in [3.63, 3.8) is 0 Å². The van der Waals surface area contributed by atoms with Gasteiger partial charge < -0.3 is 9.80 Å². The second-order valence-electron chi connectivity index (χ2n) is 5.47. The van der Waals surface area contributed by atoms with Gasteiger partial charge in [0.1, 0.15) is 0 Å². The van der Waals surface area contributed by atoms with Crippen LogP contribution < -0.4 is 0 Å². The monoisotopic (exact) mass is 240 g/mol. The van der Waals surface area contributed by atoms with E-state index in [0.717, 1.165) is 0 Å². The molecule has 0 radical (unpaired) electrons. The Morgan fingerprint density at radius 1 is 1.00 bits per heavy atom. The van der Waals surface area contributed by atoms with Gasteiger partial charge in [-0.25, -0.2) is 0 Å². The van der Waals surface area contributed by atoms with Gasteiger partial charge in [0.15, 0.2) is 0 Å². The summed E-state index contributed by atoms with van der Waals surface area (Å²) in [5.74, 6) is 0.446. The van der Waals surface area contributed by atoms with Crippen molar-refractivity contribution in [3.8, 4) is 0 Å². The average Bonchev–Trinajstić information content (AvgIpc) is 2.26. The SMILES string of the molecule is CC(C)C(=O)N1CCN(C(=O)C(C)C)C(C)C1. The fourth-order valence-corrected chi connectivity index (χ4v) is 2.18. The van der Waals surface area contributed by atoms with E-state index in [4.69, 9.17) is 0 Å². The number of carbonyl (C=O) groups is 2. The molecule has 4 nitrogen and oxygen atoms in total. The fraction of sp³-hybridized carbons (Fsp3) is 0.846. The molecule has 0 bridgehead atoms. The van der Waals surface area contributed by atoms with Gasteiger partial charge >= 0.3 is 0 Å². The molecule has 0 spiro atoms. The van der Waals surface area contributed by atoms with Crippen LogP contribution in [-0.2, 0) is 9.59 Å². The maximum absolute atomic E-state index is 11.9. The summed E-state index contributed by atoms with van der Waals surface area (Å²) in [6.45, 7) is 11.7. The van der Waals surface area contributed by atoms with Crippen LogP contribution in [0.2, 0.25) is 0 Å². The Kier molecular flexibility index (Phi) is 4.54. The minimum Gasteiger partial charge on any atom is -0.339 e. The zero-order valence-electron chi connectivity index (χ0n) is 11.6. The van der Waals surface area contributed by atoms with E-state index >= 15 is 0 Å². The molecule has 4 heteroatoms. The third-order valence-electron chi connectivity index (χ3n) is 3.21. The van der Waals surface area contributed by atoms with Gasteiger partial charge in [-0.3, -0.25) is 9.59 Å². The van der Waals surface area contributed by atoms with Crippen LogP contribution >= 0.6 is 0 Å². The Balaban J connectivity index is 2.61. The summed E-state index contributed by atoms with van der Waals surface area (Å²) in [6, 6.07) is 0.126. The molecule has 17 heavy (non-hydrogen) atoms. The molecule has 1 aliphatic heterocycles. The lowest BCUT2D eigenvalue weighted by atomic mass is 10.1. The number of amides is 2. The molecule has 1 unspecified atom stereocenters. The van der Waals surface area contributed by atoms with E-state index in [1.54, 1.807) is 0 Å². The Hall–Kier alpha value is -1.06. The Morgan fingerprint density at radius 3 is 1.94 bits per heavy atom. The normalized spacial score (nSPS) is 21.2. The standard InChI is InChI=1S/C13H24N2O2/c1-9(2)12(16)14-6-7-15(11(5)8-14)13(17)10(3)4/h9-11H,6-8H2,1-5H3. The first-order chi connectivity index (χ1) is 7.84. The predicted octanol–water partition coefficient (Wildman–Crippen LogP) is 1.36. The topological polar surface area (TPSA) is 40.6 Å². The van der Waals surface area contributed by atoms with Crippen LogP contribution in [-0.4, -0.2) is 47.3 Å². The third kappa shape index (κ3) is 3.20. The minimum atomic E-state index is 0.0322. The van der Waals surface area contributed by atoms with Gasteiger partial charge in [-0.05, 0) is 6.92 Å². The number of nitrogens with zero attached hydrogens (tertiary/aromatic N) is 2. The Bertz CT molecular complexity index is 300. The van der Waals surface area contributed by atoms with Crippen molar-refractivity contribution in [2.75, 3.05) is 19.6 Å². The van der Waals surface area contributed by atoms with Gasteiger partial charge in [0.25, 0.3) is 0 Å². The number of hydrogen-bond donors (Lipinski definition) is 0. The molecule has 0 N–H and O–H groups in total. The smallest absolute Gasteiger partial charge is 0.225 e. The maximum Gasteiger partial charge on any atom is 0.225 e. The highest BCUT2D eigenvalue weighted by Crippen LogP contribution is 2.15. The molecule has 1 aliphatic rings. The second-order valence-corrected chi connectivity index (χ2v) is 5.47. The van der Waals surface area contributed by atoms with Gasteiger partial charge in [-0.2, -0.15) is 0 Å². The molecule has 0 aromatic heterocycles. The summed E-state index contributed by atoms with van der Waals surface area (Å²) in [5.41, 5.74) is 0. The zero-order valence-corrected chi connectivity index (χ0v) is 11.6. The second kappa shape index (κ2) is 5.52. The molecule has 0 aromatic carbocycles. The highest BCUT2D eigenvalue weighted by Gasteiger charge is 2.31. The number of hydrogen-bond acceptors (Lipinski definition) is 2. The van der Waals surface area contributed by atoms with Crippen LogP contribution in [0, 0.1) is 11.8 Å². The van der Waals surface area contributed by atoms with Crippen molar-refractivity contribution in [1.82, 2.24) is 9.80 Å². The predicted molar refractivity (Wildman–Crippen MR) is 67.4 cm³/mol. The van der Waals surface area contributed by atoms with Crippen LogP contribution in [0.4, 0.5) is 0 Å². The summed E-state index contributed by atoms with van der Waals surface area (Å²) in [4.78, 5) is 27.6. The lowest BCUT2D eigenvalue weighted by Crippen LogP contribution is -2.56. The van der Waals surface area contributed by atoms with E-state index in [9.17, 15) is 9.59 Å². The van der Waals surface area contributed by atoms with E-state index in [1.807, 2.05) is 44.4 Å². The van der Waals surface area contributed by atoms with Gasteiger partial charge in [0, 0.05) is 37.5 Å². The molecule has 1 atom stereocenters. The van der Waals surface area contributed by atoms with Crippen LogP contribution in [0.3, 0.4) is 0 Å². The van der Waals surface area contributed by atoms with Crippen molar-refractivity contribution < 1.29 is 9.59 Å². The maximum atomic E-state index is 11.9. The van der Waals surface area contributed by atoms with E-state index in [2.05, 4.69) is 0 Å². The van der Waals surface area contributed by atoms with Crippen LogP contribution in [0.1, 0.15) is 34.6 Å². The first-order valence-electron chi connectivity index (χ1n) is 6.43. The van der Waals surface area contributed by atoms with Crippen LogP contribution in [0.5, 0.6) is 0 Å². The number of piperazine rings is 1. The van der Waals surface area contributed by atoms with Crippen molar-refractivity contribution in [1.29, 1.82) is 0 Å². The van der Waals surface area contributed by atoms with Crippen LogP contribution in [0.25, 0.3) is 0 Å². The molecule has 1 fully saturated rings. The first-order valence-corrected chi connectivity index (χ1v) is 6.43. The summed E-state index contributed by atoms with van der Waals surface area (Å²) in [5, 5.41) is 0. The number of carbonyl (C=O) groups excluding carboxylic acids is 2. The lowest BCUT2D eigenvalue weighted by molar-refractivity contribution is -0.145. The molecule has 0 aliphatic carbocycles. The molecule has 0 saturated carbocycles. The Morgan fingerprint density at radius 2 is 1.53 bits per heavy atom. The first kappa shape index (κ1) is 14.0. The van der Waals surface area contributed by atoms with E-state index in [0.29, 0.717) is 19.6 Å². The molecule has 1 heterocycles. The van der Waals surface area contributed by atoms with Gasteiger partial charge in [0.05, 0.1) is 0 Å². The van der Waals surface area contributed by atoms with Crippen molar-refractivity contribution in [3.05, 3.63) is 0 Å². The molecule has 98 valence electrons. The van der Waals surface area contributed by atoms with Crippen molar-refractivity contribution >= 4 is 11.8 Å². The van der Waals surface area contributed by atoms with E-state index < -0.39 is 0 Å². The van der Waals surface area contributed by atoms with Crippen LogP contribution in [0.15, 0.2) is 0 Å². The summed E-state index contributed by atoms with van der Waals surface area (Å²) in [6.07, 6.45) is 0. The zero-order chi connectivity index (χ0) is 13.2. The van der Waals surface area contributed by atoms with Gasteiger partial charge in [0.2, 0.25) is 11.8 Å². The summed E-state index contributed by atoms with van der Waals surface area (Å²) < 4.78 is 0. The average molecular weight is 240 g/mol. The minimum absolute atomic E-state index is 0.0322. The molecule has 2 amide bonds. The highest BCUT2D eigenvalue weighted by atomic mass is 16.2. The molecule has 1 saturated heterocycles. The highest BCUT2D eigenvalue weighted by molar-refractivity contribution is 5.80. The van der Waals surface area contributed by atoms with E-state index in [1.165, 1.54) is 0 Å². The third-order valence-corrected chi connectivity index (χ3v) is 3.21. The molecule has 1 rings (SSSR count). The molecule has 0 aromatic rings. The lowest BCUT2D eigenvalue weighted by Gasteiger charge is -2.41. The van der Waals surface area contributed by atoms with Crippen molar-refractivity contribution in [2.24, 2.45) is 11.8 Å². The Labute approximate surface area is 104 Å². The van der Waals surface area contributed by atoms with Gasteiger partial charge in [-0.1, -0.05) is 27.7 Å². The van der Waals surface area contributed by atoms with Gasteiger partial charge in [-0.15, -0.1) is 0 Å². The fourth-order valence-electron chi connectivity index (χ4n) is 2.18. The quantitative estimate of drug-likeness (QED) is 0.731. The molecular formula is C13H24N2O2. The largest absolute Gasteiger partial charge is 0.339 e. The number of rotatable bonds is 2. The summed E-state index contributed by atoms with van der Waals surface area (Å²) >= 11 is 0. The summed E-state index contributed by atoms with van der Waals surface area (Å²) in [7, 11) is 0. The van der Waals surface area contributed by atoms with Crippen molar-refractivity contribution in [2.45, 2.75) is 40.7 Å². The van der Waals surface area contributed by atoms with E-state index in [-0.39, 0.29) is 29.7 Å². The molecular weight excluding hydrogens is 216 g/mol.